The number of rotatable bonds is 17. The van der Waals surface area contributed by atoms with E-state index in [4.69, 9.17) is 0 Å². The molecular formula is C22H49BrNOP. The molecule has 160 valence electrons. The fourth-order valence-corrected chi connectivity index (χ4v) is 4.14. The van der Waals surface area contributed by atoms with Crippen LogP contribution >= 0.6 is 24.2 Å². The third-order valence-corrected chi connectivity index (χ3v) is 8.83. The smallest absolute Gasteiger partial charge is 0.344 e. The van der Waals surface area contributed by atoms with Crippen molar-refractivity contribution < 1.29 is 4.79 Å². The maximum atomic E-state index is 12.1. The third-order valence-electron chi connectivity index (χ3n) is 5.30. The molecule has 0 rings (SSSR count). The molecule has 0 aromatic carbocycles. The maximum absolute atomic E-state index is 12.1. The van der Waals surface area contributed by atoms with Crippen LogP contribution in [0.25, 0.3) is 0 Å². The van der Waals surface area contributed by atoms with Crippen molar-refractivity contribution in [2.75, 3.05) is 19.5 Å². The number of hydrogen-bond donors (Lipinski definition) is 1. The molecule has 26 heavy (non-hydrogen) atoms. The maximum Gasteiger partial charge on any atom is -0.344 e. The molecule has 0 unspecified atom stereocenters. The van der Waals surface area contributed by atoms with Crippen molar-refractivity contribution in [1.82, 2.24) is 6.15 Å². The van der Waals surface area contributed by atoms with E-state index in [1.807, 2.05) is 0 Å². The fourth-order valence-electron chi connectivity index (χ4n) is 2.89. The zero-order valence-electron chi connectivity index (χ0n) is 18.3. The van der Waals surface area contributed by atoms with Gasteiger partial charge in [-0.3, -0.25) is 0 Å². The van der Waals surface area contributed by atoms with Gasteiger partial charge in [-0.15, -0.1) is 17.0 Å². The van der Waals surface area contributed by atoms with Crippen molar-refractivity contribution in [2.24, 2.45) is 0 Å². The molecule has 0 heterocycles. The van der Waals surface area contributed by atoms with Gasteiger partial charge in [0.1, 0.15) is 0 Å². The van der Waals surface area contributed by atoms with E-state index < -0.39 is 7.26 Å². The summed E-state index contributed by atoms with van der Waals surface area (Å²) in [5, 5.41) is 0. The Kier molecular flexibility index (Phi) is 25.7. The molecule has 0 bridgehead atoms. The molecule has 0 fully saturated rings. The van der Waals surface area contributed by atoms with Crippen LogP contribution in [-0.4, -0.2) is 25.0 Å². The largest absolute Gasteiger partial charge is 0.344 e. The number of carbonyl (C=O) groups is 1. The average molecular weight is 455 g/mol. The first kappa shape index (κ1) is 31.0. The van der Waals surface area contributed by atoms with Crippen molar-refractivity contribution >= 4 is 29.8 Å². The average Bonchev–Trinajstić information content (AvgIpc) is 2.58. The number of halogens is 1. The van der Waals surface area contributed by atoms with Crippen LogP contribution in [0, 0.1) is 0 Å². The molecule has 0 saturated carbocycles. The molecule has 0 saturated heterocycles. The van der Waals surface area contributed by atoms with Crippen LogP contribution in [-0.2, 0) is 4.79 Å². The van der Waals surface area contributed by atoms with Crippen molar-refractivity contribution in [3.63, 3.8) is 0 Å². The van der Waals surface area contributed by atoms with Crippen LogP contribution < -0.4 is 6.15 Å². The molecule has 0 aromatic heterocycles. The fraction of sp³-hybridized carbons (Fsp3) is 0.864. The first-order chi connectivity index (χ1) is 11.5. The van der Waals surface area contributed by atoms with Gasteiger partial charge >= 0.3 is 114 Å². The number of allylic oxidation sites excluding steroid dienone is 2. The molecule has 0 amide bonds. The van der Waals surface area contributed by atoms with Gasteiger partial charge in [-0.2, -0.15) is 0 Å². The molecule has 0 radical (unpaired) electrons. The van der Waals surface area contributed by atoms with Gasteiger partial charge < -0.3 is 6.15 Å². The minimum atomic E-state index is -1.54. The Morgan fingerprint density at radius 1 is 0.731 bits per heavy atom. The summed E-state index contributed by atoms with van der Waals surface area (Å²) in [5.41, 5.74) is 0.586. The van der Waals surface area contributed by atoms with Gasteiger partial charge in [0.25, 0.3) is 0 Å². The van der Waals surface area contributed by atoms with Crippen molar-refractivity contribution in [3.05, 3.63) is 12.2 Å². The predicted octanol–water partition coefficient (Wildman–Crippen LogP) is 8.32. The molecule has 0 aromatic rings. The van der Waals surface area contributed by atoms with Crippen LogP contribution in [0.4, 0.5) is 0 Å². The summed E-state index contributed by atoms with van der Waals surface area (Å²) in [5.74, 6) is 0. The van der Waals surface area contributed by atoms with Gasteiger partial charge in [0.2, 0.25) is 0 Å². The zero-order valence-corrected chi connectivity index (χ0v) is 21.0. The van der Waals surface area contributed by atoms with Crippen LogP contribution in [0.3, 0.4) is 0 Å². The quantitative estimate of drug-likeness (QED) is 0.136. The molecule has 0 aliphatic heterocycles. The Balaban J connectivity index is -0.00000264. The monoisotopic (exact) mass is 453 g/mol. The Hall–Kier alpha value is 0.280. The van der Waals surface area contributed by atoms with Gasteiger partial charge in [-0.1, -0.05) is 39.0 Å². The molecule has 0 aliphatic rings. The van der Waals surface area contributed by atoms with Crippen LogP contribution in [0.15, 0.2) is 12.2 Å². The van der Waals surface area contributed by atoms with Crippen molar-refractivity contribution in [2.45, 2.75) is 104 Å². The molecule has 0 spiro atoms. The summed E-state index contributed by atoms with van der Waals surface area (Å²) in [6, 6.07) is 0. The molecule has 2 nitrogen and oxygen atoms in total. The van der Waals surface area contributed by atoms with E-state index in [0.717, 1.165) is 19.0 Å². The normalized spacial score (nSPS) is 11.8. The minimum absolute atomic E-state index is 0. The van der Waals surface area contributed by atoms with E-state index in [0.29, 0.717) is 5.52 Å². The predicted molar refractivity (Wildman–Crippen MR) is 131 cm³/mol. The molecule has 4 heteroatoms. The van der Waals surface area contributed by atoms with Gasteiger partial charge in [0.15, 0.2) is 0 Å². The van der Waals surface area contributed by atoms with Crippen LogP contribution in [0.5, 0.6) is 0 Å². The van der Waals surface area contributed by atoms with Gasteiger partial charge in [0.05, 0.1) is 0 Å². The van der Waals surface area contributed by atoms with E-state index in [1.165, 1.54) is 77.0 Å². The Bertz CT molecular complexity index is 332. The SMILES string of the molecule is Br.CCCCCCCC/C=C\CCCCCCCC(=O)[PH](C)(C)CC.N. The van der Waals surface area contributed by atoms with Crippen molar-refractivity contribution in [1.29, 1.82) is 0 Å². The summed E-state index contributed by atoms with van der Waals surface area (Å²) >= 11 is 0. The standard InChI is InChI=1S/C22H45OP.BrH.H3N/c1-5-7-8-9-10-11-12-13-14-15-16-17-18-19-20-21-22(23)24(3,4)6-2;;/h13-14,24H,5-12,15-21H2,1-4H3;1H;1H3/b14-13-;;. The van der Waals surface area contributed by atoms with E-state index >= 15 is 0 Å². The summed E-state index contributed by atoms with van der Waals surface area (Å²) in [6.45, 7) is 8.88. The van der Waals surface area contributed by atoms with E-state index in [1.54, 1.807) is 0 Å². The van der Waals surface area contributed by atoms with E-state index in [2.05, 4.69) is 39.3 Å². The summed E-state index contributed by atoms with van der Waals surface area (Å²) in [7, 11) is -1.54. The first-order valence-corrected chi connectivity index (χ1v) is 13.9. The van der Waals surface area contributed by atoms with Gasteiger partial charge in [-0.25, -0.2) is 0 Å². The zero-order chi connectivity index (χ0) is 18.1. The Morgan fingerprint density at radius 3 is 1.62 bits per heavy atom. The molecular weight excluding hydrogens is 405 g/mol. The van der Waals surface area contributed by atoms with Gasteiger partial charge in [-0.05, 0) is 0 Å². The topological polar surface area (TPSA) is 52.1 Å². The number of unbranched alkanes of at least 4 members (excludes halogenated alkanes) is 11. The Labute approximate surface area is 176 Å². The first-order valence-electron chi connectivity index (χ1n) is 10.7. The second-order valence-corrected chi connectivity index (χ2v) is 13.0. The molecule has 0 aliphatic carbocycles. The minimum Gasteiger partial charge on any atom is -0.344 e. The number of hydrogen-bond acceptors (Lipinski definition) is 2. The van der Waals surface area contributed by atoms with Gasteiger partial charge in [0, 0.05) is 0 Å². The van der Waals surface area contributed by atoms with Crippen LogP contribution in [0.1, 0.15) is 104 Å². The number of carbonyl (C=O) groups excluding carboxylic acids is 1. The van der Waals surface area contributed by atoms with Crippen LogP contribution in [0.2, 0.25) is 0 Å². The molecule has 3 N–H and O–H groups in total. The summed E-state index contributed by atoms with van der Waals surface area (Å²) in [6.07, 6.45) is 23.9. The third kappa shape index (κ3) is 19.1. The molecule has 0 atom stereocenters. The van der Waals surface area contributed by atoms with E-state index in [-0.39, 0.29) is 23.1 Å². The summed E-state index contributed by atoms with van der Waals surface area (Å²) < 4.78 is 0. The second kappa shape index (κ2) is 21.6. The van der Waals surface area contributed by atoms with E-state index in [9.17, 15) is 4.79 Å². The second-order valence-electron chi connectivity index (χ2n) is 7.99. The summed E-state index contributed by atoms with van der Waals surface area (Å²) in [4.78, 5) is 12.1. The van der Waals surface area contributed by atoms with Crippen molar-refractivity contribution in [3.8, 4) is 0 Å². The Morgan fingerprint density at radius 2 is 1.15 bits per heavy atom.